The van der Waals surface area contributed by atoms with E-state index in [1.165, 1.54) is 29.7 Å². The van der Waals surface area contributed by atoms with E-state index >= 15 is 0 Å². The molecule has 0 aliphatic carbocycles. The van der Waals surface area contributed by atoms with Gasteiger partial charge in [-0.25, -0.2) is 13.2 Å². The van der Waals surface area contributed by atoms with Crippen molar-refractivity contribution in [3.8, 4) is 0 Å². The molecule has 0 aliphatic heterocycles. The summed E-state index contributed by atoms with van der Waals surface area (Å²) in [6, 6.07) is 2.65. The van der Waals surface area contributed by atoms with Crippen LogP contribution in [0.15, 0.2) is 21.7 Å². The van der Waals surface area contributed by atoms with Crippen molar-refractivity contribution in [1.82, 2.24) is 14.9 Å². The first-order chi connectivity index (χ1) is 9.59. The molecule has 1 atom stereocenters. The van der Waals surface area contributed by atoms with Gasteiger partial charge in [-0.15, -0.1) is 11.3 Å². The molecule has 0 spiro atoms. The largest absolute Gasteiger partial charge is 0.341 e. The summed E-state index contributed by atoms with van der Waals surface area (Å²) in [5.41, 5.74) is -0.272. The molecule has 0 saturated carbocycles. The van der Waals surface area contributed by atoms with Crippen molar-refractivity contribution in [1.29, 1.82) is 0 Å². The van der Waals surface area contributed by atoms with Crippen molar-refractivity contribution in [2.24, 2.45) is 5.41 Å². The Hall–Kier alpha value is -1.12. The monoisotopic (exact) mass is 333 g/mol. The Morgan fingerprint density at radius 3 is 2.48 bits per heavy atom. The fraction of sp³-hybridized carbons (Fsp3) is 0.615. The van der Waals surface area contributed by atoms with E-state index in [1.807, 2.05) is 20.8 Å². The maximum Gasteiger partial charge on any atom is 0.314 e. The lowest BCUT2D eigenvalue weighted by Crippen LogP contribution is -2.53. The molecule has 2 amide bonds. The number of thiophene rings is 1. The lowest BCUT2D eigenvalue weighted by molar-refractivity contribution is 0.209. The van der Waals surface area contributed by atoms with Crippen LogP contribution in [0.25, 0.3) is 0 Å². The normalized spacial score (nSPS) is 14.0. The number of likely N-dealkylation sites (N-methyl/N-ethyl adjacent to an activating group) is 1. The Labute approximate surface area is 130 Å². The minimum absolute atomic E-state index is 0.206. The zero-order valence-corrected chi connectivity index (χ0v) is 14.6. The molecular weight excluding hydrogens is 310 g/mol. The second-order valence-corrected chi connectivity index (χ2v) is 9.08. The van der Waals surface area contributed by atoms with Crippen LogP contribution in [0.2, 0.25) is 0 Å². The van der Waals surface area contributed by atoms with Crippen LogP contribution in [0.3, 0.4) is 0 Å². The maximum absolute atomic E-state index is 12.4. The summed E-state index contributed by atoms with van der Waals surface area (Å²) in [4.78, 5) is 11.5. The third-order valence-corrected chi connectivity index (χ3v) is 6.37. The van der Waals surface area contributed by atoms with Gasteiger partial charge < -0.3 is 10.6 Å². The number of sulfonamides is 1. The molecule has 0 unspecified atom stereocenters. The molecule has 0 fully saturated rings. The summed E-state index contributed by atoms with van der Waals surface area (Å²) in [5, 5.41) is 7.02. The predicted octanol–water partition coefficient (Wildman–Crippen LogP) is 1.71. The van der Waals surface area contributed by atoms with Crippen LogP contribution in [-0.4, -0.2) is 45.4 Å². The number of amides is 2. The van der Waals surface area contributed by atoms with Crippen LogP contribution >= 0.6 is 11.3 Å². The van der Waals surface area contributed by atoms with Gasteiger partial charge in [0.2, 0.25) is 0 Å². The average Bonchev–Trinajstić information content (AvgIpc) is 2.90. The third kappa shape index (κ3) is 4.69. The van der Waals surface area contributed by atoms with E-state index in [9.17, 15) is 13.2 Å². The Morgan fingerprint density at radius 1 is 1.43 bits per heavy atom. The molecule has 1 aromatic heterocycles. The topological polar surface area (TPSA) is 78.5 Å². The second-order valence-electron chi connectivity index (χ2n) is 5.86. The van der Waals surface area contributed by atoms with Crippen molar-refractivity contribution in [2.75, 3.05) is 20.6 Å². The summed E-state index contributed by atoms with van der Waals surface area (Å²) in [7, 11) is -0.457. The van der Waals surface area contributed by atoms with Gasteiger partial charge >= 0.3 is 6.03 Å². The van der Waals surface area contributed by atoms with Crippen molar-refractivity contribution < 1.29 is 13.2 Å². The first-order valence-corrected chi connectivity index (χ1v) is 8.89. The van der Waals surface area contributed by atoms with Crippen molar-refractivity contribution >= 4 is 27.4 Å². The van der Waals surface area contributed by atoms with Gasteiger partial charge in [-0.05, 0) is 16.9 Å². The van der Waals surface area contributed by atoms with Gasteiger partial charge in [-0.1, -0.05) is 26.8 Å². The zero-order chi connectivity index (χ0) is 16.3. The number of carbonyl (C=O) groups is 1. The highest BCUT2D eigenvalue weighted by Gasteiger charge is 2.31. The van der Waals surface area contributed by atoms with Gasteiger partial charge in [0.15, 0.2) is 0 Å². The van der Waals surface area contributed by atoms with Crippen molar-refractivity contribution in [3.05, 3.63) is 17.5 Å². The van der Waals surface area contributed by atoms with Crippen molar-refractivity contribution in [2.45, 2.75) is 31.0 Å². The van der Waals surface area contributed by atoms with Gasteiger partial charge in [0.1, 0.15) is 4.21 Å². The zero-order valence-electron chi connectivity index (χ0n) is 13.0. The van der Waals surface area contributed by atoms with E-state index in [0.717, 1.165) is 0 Å². The molecule has 1 rings (SSSR count). The SMILES string of the molecule is CNC(=O)N[C@H](CN(C)S(=O)(=O)c1cccs1)C(C)(C)C. The molecule has 0 aromatic carbocycles. The van der Waals surface area contributed by atoms with E-state index in [0.29, 0.717) is 4.21 Å². The van der Waals surface area contributed by atoms with Gasteiger partial charge in [-0.3, -0.25) is 0 Å². The summed E-state index contributed by atoms with van der Waals surface area (Å²) in [5.74, 6) is 0. The van der Waals surface area contributed by atoms with Crippen molar-refractivity contribution in [3.63, 3.8) is 0 Å². The highest BCUT2D eigenvalue weighted by Crippen LogP contribution is 2.24. The molecule has 0 saturated heterocycles. The number of hydrogen-bond acceptors (Lipinski definition) is 4. The summed E-state index contributed by atoms with van der Waals surface area (Å²) < 4.78 is 26.4. The molecule has 21 heavy (non-hydrogen) atoms. The smallest absolute Gasteiger partial charge is 0.314 e. The fourth-order valence-corrected chi connectivity index (χ4v) is 4.07. The second kappa shape index (κ2) is 6.76. The van der Waals surface area contributed by atoms with Crippen LogP contribution in [0.1, 0.15) is 20.8 Å². The van der Waals surface area contributed by atoms with Crippen LogP contribution in [-0.2, 0) is 10.0 Å². The van der Waals surface area contributed by atoms with Gasteiger partial charge in [0.05, 0.1) is 0 Å². The minimum Gasteiger partial charge on any atom is -0.341 e. The molecule has 1 aromatic rings. The van der Waals surface area contributed by atoms with Gasteiger partial charge in [0.25, 0.3) is 10.0 Å². The number of urea groups is 1. The molecule has 0 bridgehead atoms. The quantitative estimate of drug-likeness (QED) is 0.861. The molecule has 120 valence electrons. The summed E-state index contributed by atoms with van der Waals surface area (Å²) in [6.07, 6.45) is 0. The number of nitrogens with zero attached hydrogens (tertiary/aromatic N) is 1. The number of carbonyl (C=O) groups excluding carboxylic acids is 1. The van der Waals surface area contributed by atoms with Crippen LogP contribution in [0, 0.1) is 5.41 Å². The third-order valence-electron chi connectivity index (χ3n) is 3.18. The van der Waals surface area contributed by atoms with E-state index < -0.39 is 10.0 Å². The highest BCUT2D eigenvalue weighted by atomic mass is 32.2. The van der Waals surface area contributed by atoms with E-state index in [-0.39, 0.29) is 24.0 Å². The summed E-state index contributed by atoms with van der Waals surface area (Å²) in [6.45, 7) is 6.08. The Kier molecular flexibility index (Phi) is 5.77. The van der Waals surface area contributed by atoms with Crippen LogP contribution < -0.4 is 10.6 Å². The number of rotatable bonds is 5. The molecule has 6 nitrogen and oxygen atoms in total. The van der Waals surface area contributed by atoms with Crippen LogP contribution in [0.5, 0.6) is 0 Å². The molecule has 0 aliphatic rings. The first kappa shape index (κ1) is 17.9. The maximum atomic E-state index is 12.4. The molecule has 1 heterocycles. The molecule has 0 radical (unpaired) electrons. The lowest BCUT2D eigenvalue weighted by atomic mass is 9.87. The molecular formula is C13H23N3O3S2. The average molecular weight is 333 g/mol. The summed E-state index contributed by atoms with van der Waals surface area (Å²) >= 11 is 1.18. The van der Waals surface area contributed by atoms with E-state index in [2.05, 4.69) is 10.6 Å². The fourth-order valence-electron chi connectivity index (χ4n) is 1.69. The standard InChI is InChI=1S/C13H23N3O3S2/c1-13(2,3)10(15-12(17)14-4)9-16(5)21(18,19)11-7-6-8-20-11/h6-8,10H,9H2,1-5H3,(H2,14,15,17)/t10-/m1/s1. The lowest BCUT2D eigenvalue weighted by Gasteiger charge is -2.34. The minimum atomic E-state index is -3.51. The van der Waals surface area contributed by atoms with Gasteiger partial charge in [-0.2, -0.15) is 4.31 Å². The first-order valence-electron chi connectivity index (χ1n) is 6.57. The van der Waals surface area contributed by atoms with E-state index in [4.69, 9.17) is 0 Å². The predicted molar refractivity (Wildman–Crippen MR) is 85.0 cm³/mol. The van der Waals surface area contributed by atoms with Gasteiger partial charge in [0, 0.05) is 26.7 Å². The Bertz CT molecular complexity index is 562. The highest BCUT2D eigenvalue weighted by molar-refractivity contribution is 7.91. The molecule has 8 heteroatoms. The van der Waals surface area contributed by atoms with E-state index in [1.54, 1.807) is 17.5 Å². The van der Waals surface area contributed by atoms with Crippen LogP contribution in [0.4, 0.5) is 4.79 Å². The Balaban J connectivity index is 2.91. The molecule has 2 N–H and O–H groups in total. The number of nitrogens with one attached hydrogen (secondary N) is 2. The number of hydrogen-bond donors (Lipinski definition) is 2. The Morgan fingerprint density at radius 2 is 2.05 bits per heavy atom.